The Kier molecular flexibility index (Phi) is 21.7. The van der Waals surface area contributed by atoms with Gasteiger partial charge in [-0.05, 0) is 12.8 Å². The zero-order valence-corrected chi connectivity index (χ0v) is 15.7. The predicted octanol–water partition coefficient (Wildman–Crippen LogP) is 4.60. The van der Waals surface area contributed by atoms with Crippen molar-refractivity contribution in [2.45, 2.75) is 71.6 Å². The van der Waals surface area contributed by atoms with Gasteiger partial charge in [-0.15, -0.1) is 0 Å². The molecule has 0 aromatic carbocycles. The van der Waals surface area contributed by atoms with Crippen LogP contribution in [-0.2, 0) is 18.9 Å². The van der Waals surface area contributed by atoms with Gasteiger partial charge in [0.25, 0.3) is 0 Å². The first-order valence-corrected chi connectivity index (χ1v) is 9.72. The van der Waals surface area contributed by atoms with E-state index in [0.717, 1.165) is 19.6 Å². The largest absolute Gasteiger partial charge is 0.379 e. The zero-order valence-electron chi connectivity index (χ0n) is 15.7. The van der Waals surface area contributed by atoms with Gasteiger partial charge in [-0.1, -0.05) is 58.8 Å². The van der Waals surface area contributed by atoms with E-state index < -0.39 is 0 Å². The first-order chi connectivity index (χ1) is 11.4. The van der Waals surface area contributed by atoms with Crippen LogP contribution in [0, 0.1) is 0 Å². The molecule has 0 aliphatic heterocycles. The summed E-state index contributed by atoms with van der Waals surface area (Å²) < 4.78 is 21.9. The SMILES string of the molecule is CCCCCCCOCCOCCOCCOCCCCCC. The van der Waals surface area contributed by atoms with Gasteiger partial charge in [0.05, 0.1) is 39.6 Å². The highest BCUT2D eigenvalue weighted by Crippen LogP contribution is 2.02. The molecule has 0 fully saturated rings. The van der Waals surface area contributed by atoms with Crippen LogP contribution in [0.2, 0.25) is 0 Å². The van der Waals surface area contributed by atoms with Crippen LogP contribution in [0.4, 0.5) is 0 Å². The molecule has 0 heterocycles. The van der Waals surface area contributed by atoms with Crippen molar-refractivity contribution in [2.24, 2.45) is 0 Å². The Bertz CT molecular complexity index is 180. The second-order valence-corrected chi connectivity index (χ2v) is 5.92. The van der Waals surface area contributed by atoms with E-state index in [1.165, 1.54) is 51.4 Å². The lowest BCUT2D eigenvalue weighted by Gasteiger charge is -2.07. The average molecular weight is 333 g/mol. The van der Waals surface area contributed by atoms with Crippen LogP contribution in [0.15, 0.2) is 0 Å². The average Bonchev–Trinajstić information content (AvgIpc) is 2.57. The highest BCUT2D eigenvalue weighted by molar-refractivity contribution is 4.42. The van der Waals surface area contributed by atoms with Gasteiger partial charge < -0.3 is 18.9 Å². The van der Waals surface area contributed by atoms with Crippen LogP contribution in [0.25, 0.3) is 0 Å². The standard InChI is InChI=1S/C19H40O4/c1-3-5-7-9-11-13-21-15-17-23-19-18-22-16-14-20-12-10-8-6-4-2/h3-19H2,1-2H3. The van der Waals surface area contributed by atoms with E-state index in [1.807, 2.05) is 0 Å². The summed E-state index contributed by atoms with van der Waals surface area (Å²) in [5, 5.41) is 0. The molecular formula is C19H40O4. The normalized spacial score (nSPS) is 11.2. The van der Waals surface area contributed by atoms with E-state index >= 15 is 0 Å². The third-order valence-corrected chi connectivity index (χ3v) is 3.65. The van der Waals surface area contributed by atoms with Gasteiger partial charge in [0.1, 0.15) is 0 Å². The minimum Gasteiger partial charge on any atom is -0.379 e. The monoisotopic (exact) mass is 332 g/mol. The zero-order chi connectivity index (χ0) is 16.8. The molecule has 0 radical (unpaired) electrons. The molecule has 0 aromatic heterocycles. The molecule has 23 heavy (non-hydrogen) atoms. The van der Waals surface area contributed by atoms with Gasteiger partial charge in [0, 0.05) is 13.2 Å². The molecule has 0 saturated carbocycles. The first kappa shape index (κ1) is 22.8. The number of hydrogen-bond donors (Lipinski definition) is 0. The number of hydrogen-bond acceptors (Lipinski definition) is 4. The summed E-state index contributed by atoms with van der Waals surface area (Å²) >= 11 is 0. The molecule has 0 unspecified atom stereocenters. The van der Waals surface area contributed by atoms with Crippen molar-refractivity contribution >= 4 is 0 Å². The molecule has 0 N–H and O–H groups in total. The molecule has 140 valence electrons. The van der Waals surface area contributed by atoms with Crippen LogP contribution in [-0.4, -0.2) is 52.9 Å². The third kappa shape index (κ3) is 21.8. The van der Waals surface area contributed by atoms with Crippen LogP contribution in [0.3, 0.4) is 0 Å². The Morgan fingerprint density at radius 1 is 0.348 bits per heavy atom. The molecule has 0 aliphatic rings. The van der Waals surface area contributed by atoms with Crippen molar-refractivity contribution in [3.8, 4) is 0 Å². The van der Waals surface area contributed by atoms with Crippen LogP contribution in [0.5, 0.6) is 0 Å². The lowest BCUT2D eigenvalue weighted by atomic mass is 10.2. The molecule has 0 amide bonds. The topological polar surface area (TPSA) is 36.9 Å². The fraction of sp³-hybridized carbons (Fsp3) is 1.00. The van der Waals surface area contributed by atoms with E-state index in [1.54, 1.807) is 0 Å². The van der Waals surface area contributed by atoms with Gasteiger partial charge in [0.15, 0.2) is 0 Å². The lowest BCUT2D eigenvalue weighted by Crippen LogP contribution is -2.12. The molecule has 0 aliphatic carbocycles. The van der Waals surface area contributed by atoms with Crippen molar-refractivity contribution in [3.63, 3.8) is 0 Å². The van der Waals surface area contributed by atoms with Gasteiger partial charge in [-0.25, -0.2) is 0 Å². The van der Waals surface area contributed by atoms with E-state index in [0.29, 0.717) is 39.6 Å². The quantitative estimate of drug-likeness (QED) is 0.305. The van der Waals surface area contributed by atoms with E-state index in [9.17, 15) is 0 Å². The fourth-order valence-electron chi connectivity index (χ4n) is 2.20. The maximum absolute atomic E-state index is 5.53. The maximum Gasteiger partial charge on any atom is 0.0701 e. The first-order valence-electron chi connectivity index (χ1n) is 9.72. The number of unbranched alkanes of at least 4 members (excludes halogenated alkanes) is 7. The van der Waals surface area contributed by atoms with Crippen molar-refractivity contribution in [2.75, 3.05) is 52.9 Å². The third-order valence-electron chi connectivity index (χ3n) is 3.65. The van der Waals surface area contributed by atoms with E-state index in [2.05, 4.69) is 13.8 Å². The Balaban J connectivity index is 2.92. The Hall–Kier alpha value is -0.160. The molecular weight excluding hydrogens is 292 g/mol. The highest BCUT2D eigenvalue weighted by atomic mass is 16.6. The summed E-state index contributed by atoms with van der Waals surface area (Å²) in [7, 11) is 0. The summed E-state index contributed by atoms with van der Waals surface area (Å²) in [5.74, 6) is 0. The van der Waals surface area contributed by atoms with Gasteiger partial charge in [-0.2, -0.15) is 0 Å². The van der Waals surface area contributed by atoms with Gasteiger partial charge in [0.2, 0.25) is 0 Å². The van der Waals surface area contributed by atoms with E-state index in [4.69, 9.17) is 18.9 Å². The van der Waals surface area contributed by atoms with Crippen molar-refractivity contribution in [3.05, 3.63) is 0 Å². The van der Waals surface area contributed by atoms with Gasteiger partial charge in [-0.3, -0.25) is 0 Å². The summed E-state index contributed by atoms with van der Waals surface area (Å²) in [6.45, 7) is 10.1. The maximum atomic E-state index is 5.53. The molecule has 4 heteroatoms. The number of ether oxygens (including phenoxy) is 4. The second-order valence-electron chi connectivity index (χ2n) is 5.92. The minimum atomic E-state index is 0.635. The molecule has 0 bridgehead atoms. The van der Waals surface area contributed by atoms with Crippen molar-refractivity contribution in [1.29, 1.82) is 0 Å². The molecule has 0 rings (SSSR count). The van der Waals surface area contributed by atoms with Crippen molar-refractivity contribution in [1.82, 2.24) is 0 Å². The van der Waals surface area contributed by atoms with Crippen LogP contribution < -0.4 is 0 Å². The Morgan fingerprint density at radius 3 is 1.04 bits per heavy atom. The second kappa shape index (κ2) is 21.8. The van der Waals surface area contributed by atoms with Crippen LogP contribution in [0.1, 0.15) is 71.6 Å². The Morgan fingerprint density at radius 2 is 0.652 bits per heavy atom. The molecule has 0 atom stereocenters. The summed E-state index contributed by atoms with van der Waals surface area (Å²) in [6, 6.07) is 0. The minimum absolute atomic E-state index is 0.635. The smallest absolute Gasteiger partial charge is 0.0701 e. The highest BCUT2D eigenvalue weighted by Gasteiger charge is 1.94. The summed E-state index contributed by atoms with van der Waals surface area (Å²) in [6.07, 6.45) is 11.4. The lowest BCUT2D eigenvalue weighted by molar-refractivity contribution is -0.00248. The number of rotatable bonds is 20. The predicted molar refractivity (Wildman–Crippen MR) is 96.2 cm³/mol. The van der Waals surface area contributed by atoms with Gasteiger partial charge >= 0.3 is 0 Å². The summed E-state index contributed by atoms with van der Waals surface area (Å²) in [5.41, 5.74) is 0. The Labute approximate surface area is 144 Å². The molecule has 4 nitrogen and oxygen atoms in total. The molecule has 0 aromatic rings. The fourth-order valence-corrected chi connectivity index (χ4v) is 2.20. The molecule has 0 saturated heterocycles. The van der Waals surface area contributed by atoms with Crippen molar-refractivity contribution < 1.29 is 18.9 Å². The van der Waals surface area contributed by atoms with Crippen LogP contribution >= 0.6 is 0 Å². The summed E-state index contributed by atoms with van der Waals surface area (Å²) in [4.78, 5) is 0. The van der Waals surface area contributed by atoms with E-state index in [-0.39, 0.29) is 0 Å². The molecule has 0 spiro atoms.